The molecular formula is C18H16N4OS. The Balaban J connectivity index is 1.86. The zero-order valence-electron chi connectivity index (χ0n) is 13.2. The monoisotopic (exact) mass is 336 g/mol. The van der Waals surface area contributed by atoms with E-state index in [2.05, 4.69) is 15.1 Å². The van der Waals surface area contributed by atoms with Crippen LogP contribution in [0.4, 0.5) is 5.69 Å². The molecule has 3 heterocycles. The van der Waals surface area contributed by atoms with E-state index in [9.17, 15) is 4.79 Å². The molecule has 1 aliphatic rings. The molecule has 1 N–H and O–H groups in total. The quantitative estimate of drug-likeness (QED) is 0.731. The van der Waals surface area contributed by atoms with Crippen LogP contribution in [0.1, 0.15) is 29.0 Å². The lowest BCUT2D eigenvalue weighted by atomic mass is 10.1. The van der Waals surface area contributed by atoms with Crippen molar-refractivity contribution < 1.29 is 0 Å². The van der Waals surface area contributed by atoms with Crippen molar-refractivity contribution in [2.75, 3.05) is 6.54 Å². The Morgan fingerprint density at radius 1 is 1.46 bits per heavy atom. The van der Waals surface area contributed by atoms with E-state index in [0.29, 0.717) is 5.69 Å². The number of fused-ring (bicyclic) bond motifs is 3. The van der Waals surface area contributed by atoms with Crippen molar-refractivity contribution in [3.8, 4) is 0 Å². The van der Waals surface area contributed by atoms with Gasteiger partial charge in [0.25, 0.3) is 5.56 Å². The first-order valence-corrected chi connectivity index (χ1v) is 8.70. The molecule has 4 rings (SSSR count). The molecule has 0 spiro atoms. The minimum absolute atomic E-state index is 0.0140. The summed E-state index contributed by atoms with van der Waals surface area (Å²) in [6.07, 6.45) is 2.51. The standard InChI is InChI=1S/C18H16N4OS/c1-11(12-4-3-5-13(8-12)19-2)22-10-21-17-16(18(22)23)14-6-7-20-9-15(14)24-17/h3-5,8,10-11,20H,6-7,9H2,1H3/t11-/m1/s1. The van der Waals surface area contributed by atoms with Crippen LogP contribution in [0, 0.1) is 6.57 Å². The smallest absolute Gasteiger partial charge is 0.262 e. The van der Waals surface area contributed by atoms with E-state index in [1.165, 1.54) is 4.88 Å². The lowest BCUT2D eigenvalue weighted by Crippen LogP contribution is -2.26. The molecule has 0 radical (unpaired) electrons. The minimum Gasteiger partial charge on any atom is -0.312 e. The first kappa shape index (κ1) is 15.1. The SMILES string of the molecule is [C-]#[N+]c1cccc([C@@H](C)n2cnc3sc4c(c3c2=O)CCNC4)c1. The predicted octanol–water partition coefficient (Wildman–Crippen LogP) is 3.26. The normalized spacial score (nSPS) is 15.0. The number of aromatic nitrogens is 2. The van der Waals surface area contributed by atoms with Crippen LogP contribution in [0.3, 0.4) is 0 Å². The number of thiophene rings is 1. The zero-order valence-corrected chi connectivity index (χ0v) is 14.1. The van der Waals surface area contributed by atoms with Crippen molar-refractivity contribution in [1.82, 2.24) is 14.9 Å². The second-order valence-corrected chi connectivity index (χ2v) is 7.03. The largest absolute Gasteiger partial charge is 0.312 e. The third-order valence-corrected chi connectivity index (χ3v) is 5.70. The summed E-state index contributed by atoms with van der Waals surface area (Å²) in [6, 6.07) is 7.25. The summed E-state index contributed by atoms with van der Waals surface area (Å²) in [7, 11) is 0. The second-order valence-electron chi connectivity index (χ2n) is 5.95. The molecule has 0 fully saturated rings. The average Bonchev–Trinajstić information content (AvgIpc) is 3.01. The van der Waals surface area contributed by atoms with Crippen LogP contribution in [0.2, 0.25) is 0 Å². The van der Waals surface area contributed by atoms with Crippen molar-refractivity contribution in [3.63, 3.8) is 0 Å². The van der Waals surface area contributed by atoms with E-state index in [0.717, 1.165) is 40.9 Å². The van der Waals surface area contributed by atoms with Gasteiger partial charge in [0.1, 0.15) is 4.83 Å². The van der Waals surface area contributed by atoms with E-state index in [1.54, 1.807) is 28.3 Å². The van der Waals surface area contributed by atoms with Gasteiger partial charge >= 0.3 is 0 Å². The number of hydrogen-bond acceptors (Lipinski definition) is 4. The van der Waals surface area contributed by atoms with Gasteiger partial charge < -0.3 is 5.32 Å². The predicted molar refractivity (Wildman–Crippen MR) is 95.8 cm³/mol. The van der Waals surface area contributed by atoms with E-state index >= 15 is 0 Å². The molecule has 6 heteroatoms. The van der Waals surface area contributed by atoms with Gasteiger partial charge in [0, 0.05) is 11.4 Å². The highest BCUT2D eigenvalue weighted by Gasteiger charge is 2.21. The molecule has 3 aromatic rings. The summed E-state index contributed by atoms with van der Waals surface area (Å²) in [4.78, 5) is 23.1. The van der Waals surface area contributed by atoms with Gasteiger partial charge in [-0.15, -0.1) is 11.3 Å². The fourth-order valence-electron chi connectivity index (χ4n) is 3.22. The maximum absolute atomic E-state index is 13.1. The van der Waals surface area contributed by atoms with Crippen LogP contribution in [0.25, 0.3) is 15.1 Å². The van der Waals surface area contributed by atoms with Gasteiger partial charge in [0.15, 0.2) is 5.69 Å². The Bertz CT molecular complexity index is 1030. The molecule has 1 atom stereocenters. The molecule has 0 saturated carbocycles. The van der Waals surface area contributed by atoms with Crippen molar-refractivity contribution in [2.24, 2.45) is 0 Å². The third kappa shape index (κ3) is 2.33. The Morgan fingerprint density at radius 3 is 3.17 bits per heavy atom. The zero-order chi connectivity index (χ0) is 16.7. The van der Waals surface area contributed by atoms with Gasteiger partial charge in [-0.2, -0.15) is 0 Å². The molecule has 2 aromatic heterocycles. The lowest BCUT2D eigenvalue weighted by Gasteiger charge is -2.16. The second kappa shape index (κ2) is 5.86. The number of benzene rings is 1. The van der Waals surface area contributed by atoms with Crippen molar-refractivity contribution in [3.05, 3.63) is 68.4 Å². The van der Waals surface area contributed by atoms with Crippen molar-refractivity contribution in [2.45, 2.75) is 25.9 Å². The summed E-state index contributed by atoms with van der Waals surface area (Å²) in [5.41, 5.74) is 2.70. The van der Waals surface area contributed by atoms with Gasteiger partial charge in [-0.25, -0.2) is 9.83 Å². The fourth-order valence-corrected chi connectivity index (χ4v) is 4.37. The highest BCUT2D eigenvalue weighted by molar-refractivity contribution is 7.18. The third-order valence-electron chi connectivity index (χ3n) is 4.56. The van der Waals surface area contributed by atoms with E-state index in [-0.39, 0.29) is 11.6 Å². The van der Waals surface area contributed by atoms with Crippen LogP contribution in [-0.4, -0.2) is 16.1 Å². The van der Waals surface area contributed by atoms with Crippen molar-refractivity contribution in [1.29, 1.82) is 0 Å². The molecule has 0 amide bonds. The number of rotatable bonds is 2. The van der Waals surface area contributed by atoms with Gasteiger partial charge in [0.2, 0.25) is 0 Å². The molecule has 5 nitrogen and oxygen atoms in total. The Morgan fingerprint density at radius 2 is 2.33 bits per heavy atom. The van der Waals surface area contributed by atoms with Crippen LogP contribution in [0.5, 0.6) is 0 Å². The Kier molecular flexibility index (Phi) is 3.68. The van der Waals surface area contributed by atoms with E-state index in [4.69, 9.17) is 6.57 Å². The van der Waals surface area contributed by atoms with Crippen molar-refractivity contribution >= 4 is 27.2 Å². The van der Waals surface area contributed by atoms with Crippen LogP contribution < -0.4 is 10.9 Å². The summed E-state index contributed by atoms with van der Waals surface area (Å²) in [5, 5.41) is 4.11. The maximum Gasteiger partial charge on any atom is 0.262 e. The van der Waals surface area contributed by atoms with Gasteiger partial charge in [-0.3, -0.25) is 9.36 Å². The van der Waals surface area contributed by atoms with Crippen LogP contribution >= 0.6 is 11.3 Å². The topological polar surface area (TPSA) is 51.3 Å². The highest BCUT2D eigenvalue weighted by Crippen LogP contribution is 2.30. The number of hydrogen-bond donors (Lipinski definition) is 1. The molecule has 120 valence electrons. The molecule has 24 heavy (non-hydrogen) atoms. The summed E-state index contributed by atoms with van der Waals surface area (Å²) < 4.78 is 1.68. The molecule has 0 unspecified atom stereocenters. The van der Waals surface area contributed by atoms with Gasteiger partial charge in [-0.05, 0) is 31.0 Å². The van der Waals surface area contributed by atoms with Gasteiger partial charge in [-0.1, -0.05) is 24.3 Å². The Labute approximate surface area is 143 Å². The minimum atomic E-state index is -0.159. The molecule has 1 aromatic carbocycles. The molecular weight excluding hydrogens is 320 g/mol. The number of nitrogens with zero attached hydrogens (tertiary/aromatic N) is 3. The average molecular weight is 336 g/mol. The van der Waals surface area contributed by atoms with Gasteiger partial charge in [0.05, 0.1) is 24.3 Å². The summed E-state index contributed by atoms with van der Waals surface area (Å²) in [6.45, 7) is 10.8. The first-order valence-electron chi connectivity index (χ1n) is 7.88. The highest BCUT2D eigenvalue weighted by atomic mass is 32.1. The molecule has 1 aliphatic heterocycles. The van der Waals surface area contributed by atoms with E-state index in [1.807, 2.05) is 25.1 Å². The molecule has 0 aliphatic carbocycles. The first-order chi connectivity index (χ1) is 11.7. The fraction of sp³-hybridized carbons (Fsp3) is 0.278. The number of nitrogens with one attached hydrogen (secondary N) is 1. The van der Waals surface area contributed by atoms with Crippen LogP contribution in [-0.2, 0) is 13.0 Å². The van der Waals surface area contributed by atoms with Crippen LogP contribution in [0.15, 0.2) is 35.4 Å². The lowest BCUT2D eigenvalue weighted by molar-refractivity contribution is 0.608. The Hall–Kier alpha value is -2.49. The molecule has 0 saturated heterocycles. The molecule has 0 bridgehead atoms. The van der Waals surface area contributed by atoms with E-state index < -0.39 is 0 Å². The summed E-state index contributed by atoms with van der Waals surface area (Å²) >= 11 is 1.61. The maximum atomic E-state index is 13.1. The summed E-state index contributed by atoms with van der Waals surface area (Å²) in [5.74, 6) is 0.